The molecule has 0 atom stereocenters. The SMILES string of the molecule is COc1n[nH]c(NC(=O)c2cccc(F)c2Cl)n1. The predicted molar refractivity (Wildman–Crippen MR) is 62.3 cm³/mol. The van der Waals surface area contributed by atoms with Gasteiger partial charge in [0.1, 0.15) is 5.82 Å². The van der Waals surface area contributed by atoms with Crippen molar-refractivity contribution in [2.24, 2.45) is 0 Å². The Kier molecular flexibility index (Phi) is 3.42. The average Bonchev–Trinajstić information content (AvgIpc) is 2.80. The molecule has 1 aromatic heterocycles. The smallest absolute Gasteiger partial charge is 0.336 e. The minimum Gasteiger partial charge on any atom is -0.466 e. The van der Waals surface area contributed by atoms with Crippen molar-refractivity contribution in [3.8, 4) is 6.01 Å². The van der Waals surface area contributed by atoms with Gasteiger partial charge in [-0.2, -0.15) is 4.98 Å². The van der Waals surface area contributed by atoms with Crippen molar-refractivity contribution in [2.75, 3.05) is 12.4 Å². The van der Waals surface area contributed by atoms with Crippen LogP contribution in [0.2, 0.25) is 5.02 Å². The number of hydrogen-bond acceptors (Lipinski definition) is 4. The van der Waals surface area contributed by atoms with E-state index in [1.54, 1.807) is 0 Å². The number of H-pyrrole nitrogens is 1. The summed E-state index contributed by atoms with van der Waals surface area (Å²) in [5.74, 6) is -1.19. The van der Waals surface area contributed by atoms with Gasteiger partial charge in [0.05, 0.1) is 17.7 Å². The fourth-order valence-electron chi connectivity index (χ4n) is 1.25. The first-order valence-electron chi connectivity index (χ1n) is 4.83. The summed E-state index contributed by atoms with van der Waals surface area (Å²) >= 11 is 5.68. The Morgan fingerprint density at radius 3 is 3.00 bits per heavy atom. The summed E-state index contributed by atoms with van der Waals surface area (Å²) in [6, 6.07) is 4.03. The monoisotopic (exact) mass is 270 g/mol. The van der Waals surface area contributed by atoms with E-state index in [1.165, 1.54) is 19.2 Å². The van der Waals surface area contributed by atoms with Crippen LogP contribution >= 0.6 is 11.6 Å². The molecule has 94 valence electrons. The number of halogens is 2. The van der Waals surface area contributed by atoms with Crippen LogP contribution in [0.5, 0.6) is 6.01 Å². The molecule has 8 heteroatoms. The molecule has 2 aromatic rings. The summed E-state index contributed by atoms with van der Waals surface area (Å²) in [5, 5.41) is 8.21. The molecule has 0 aliphatic carbocycles. The van der Waals surface area contributed by atoms with Crippen LogP contribution in [0.4, 0.5) is 10.3 Å². The average molecular weight is 271 g/mol. The maximum atomic E-state index is 13.2. The van der Waals surface area contributed by atoms with Crippen LogP contribution in [-0.4, -0.2) is 28.2 Å². The zero-order valence-corrected chi connectivity index (χ0v) is 9.95. The molecule has 0 saturated heterocycles. The van der Waals surface area contributed by atoms with Gasteiger partial charge in [0, 0.05) is 0 Å². The number of anilines is 1. The molecule has 0 fully saturated rings. The van der Waals surface area contributed by atoms with Crippen LogP contribution < -0.4 is 10.1 Å². The van der Waals surface area contributed by atoms with Gasteiger partial charge >= 0.3 is 6.01 Å². The van der Waals surface area contributed by atoms with Gasteiger partial charge in [-0.1, -0.05) is 17.7 Å². The highest BCUT2D eigenvalue weighted by Crippen LogP contribution is 2.20. The molecule has 1 heterocycles. The van der Waals surface area contributed by atoms with Crippen LogP contribution in [0.3, 0.4) is 0 Å². The Balaban J connectivity index is 2.19. The Hall–Kier alpha value is -2.15. The molecule has 0 spiro atoms. The fraction of sp³-hybridized carbons (Fsp3) is 0.100. The van der Waals surface area contributed by atoms with E-state index in [1.807, 2.05) is 0 Å². The molecule has 1 amide bonds. The second-order valence-corrected chi connectivity index (χ2v) is 3.60. The zero-order chi connectivity index (χ0) is 13.1. The predicted octanol–water partition coefficient (Wildman–Crippen LogP) is 1.86. The van der Waals surface area contributed by atoms with E-state index < -0.39 is 11.7 Å². The molecule has 2 N–H and O–H groups in total. The van der Waals surface area contributed by atoms with E-state index in [2.05, 4.69) is 20.5 Å². The molecule has 6 nitrogen and oxygen atoms in total. The molecule has 0 saturated carbocycles. The number of aromatic nitrogens is 3. The molecular formula is C10H8ClFN4O2. The third kappa shape index (κ3) is 2.40. The normalized spacial score (nSPS) is 10.2. The van der Waals surface area contributed by atoms with E-state index >= 15 is 0 Å². The largest absolute Gasteiger partial charge is 0.466 e. The minimum atomic E-state index is -0.667. The van der Waals surface area contributed by atoms with Gasteiger partial charge < -0.3 is 4.74 Å². The van der Waals surface area contributed by atoms with Crippen molar-refractivity contribution < 1.29 is 13.9 Å². The van der Waals surface area contributed by atoms with Gasteiger partial charge in [0.2, 0.25) is 5.95 Å². The van der Waals surface area contributed by atoms with Crippen molar-refractivity contribution in [1.82, 2.24) is 15.2 Å². The number of rotatable bonds is 3. The minimum absolute atomic E-state index is 0.00651. The van der Waals surface area contributed by atoms with Crippen molar-refractivity contribution in [3.05, 3.63) is 34.6 Å². The third-order valence-electron chi connectivity index (χ3n) is 2.08. The number of carbonyl (C=O) groups excluding carboxylic acids is 1. The lowest BCUT2D eigenvalue weighted by Gasteiger charge is -2.03. The number of methoxy groups -OCH3 is 1. The maximum Gasteiger partial charge on any atom is 0.336 e. The molecule has 0 bridgehead atoms. The first-order valence-corrected chi connectivity index (χ1v) is 5.21. The highest BCUT2D eigenvalue weighted by molar-refractivity contribution is 6.34. The number of nitrogens with one attached hydrogen (secondary N) is 2. The zero-order valence-electron chi connectivity index (χ0n) is 9.20. The van der Waals surface area contributed by atoms with Crippen molar-refractivity contribution >= 4 is 23.5 Å². The molecule has 0 radical (unpaired) electrons. The van der Waals surface area contributed by atoms with Crippen LogP contribution in [0.15, 0.2) is 18.2 Å². The van der Waals surface area contributed by atoms with Crippen LogP contribution in [-0.2, 0) is 0 Å². The van der Waals surface area contributed by atoms with Gasteiger partial charge in [0.15, 0.2) is 0 Å². The van der Waals surface area contributed by atoms with Gasteiger partial charge in [-0.25, -0.2) is 9.49 Å². The number of aromatic amines is 1. The van der Waals surface area contributed by atoms with Crippen LogP contribution in [0.1, 0.15) is 10.4 Å². The molecule has 0 aliphatic rings. The number of nitrogens with zero attached hydrogens (tertiary/aromatic N) is 2. The van der Waals surface area contributed by atoms with Crippen LogP contribution in [0.25, 0.3) is 0 Å². The van der Waals surface area contributed by atoms with Gasteiger partial charge in [-0.15, -0.1) is 5.10 Å². The number of benzene rings is 1. The number of ether oxygens (including phenoxy) is 1. The van der Waals surface area contributed by atoms with Crippen molar-refractivity contribution in [1.29, 1.82) is 0 Å². The van der Waals surface area contributed by atoms with E-state index in [-0.39, 0.29) is 22.5 Å². The van der Waals surface area contributed by atoms with E-state index in [0.717, 1.165) is 6.07 Å². The second-order valence-electron chi connectivity index (χ2n) is 3.23. The third-order valence-corrected chi connectivity index (χ3v) is 2.46. The highest BCUT2D eigenvalue weighted by atomic mass is 35.5. The summed E-state index contributed by atoms with van der Waals surface area (Å²) in [6.45, 7) is 0. The van der Waals surface area contributed by atoms with Gasteiger partial charge in [0.25, 0.3) is 5.91 Å². The lowest BCUT2D eigenvalue weighted by molar-refractivity contribution is 0.102. The second kappa shape index (κ2) is 5.01. The highest BCUT2D eigenvalue weighted by Gasteiger charge is 2.15. The quantitative estimate of drug-likeness (QED) is 0.892. The maximum absolute atomic E-state index is 13.2. The first kappa shape index (κ1) is 12.3. The topological polar surface area (TPSA) is 79.9 Å². The summed E-state index contributed by atoms with van der Waals surface area (Å²) in [6.07, 6.45) is 0. The van der Waals surface area contributed by atoms with Gasteiger partial charge in [-0.05, 0) is 12.1 Å². The summed E-state index contributed by atoms with van der Waals surface area (Å²) < 4.78 is 17.9. The van der Waals surface area contributed by atoms with Crippen molar-refractivity contribution in [3.63, 3.8) is 0 Å². The standard InChI is InChI=1S/C10H8ClFN4O2/c1-18-10-14-9(15-16-10)13-8(17)5-3-2-4-6(12)7(5)11/h2-4H,1H3,(H2,13,14,15,16,17). The van der Waals surface area contributed by atoms with Gasteiger partial charge in [-0.3, -0.25) is 10.1 Å². The van der Waals surface area contributed by atoms with Crippen molar-refractivity contribution in [2.45, 2.75) is 0 Å². The molecule has 0 unspecified atom stereocenters. The number of amides is 1. The number of carbonyl (C=O) groups is 1. The molecule has 0 aliphatic heterocycles. The Morgan fingerprint density at radius 1 is 1.56 bits per heavy atom. The molecule has 2 rings (SSSR count). The first-order chi connectivity index (χ1) is 8.61. The Morgan fingerprint density at radius 2 is 2.33 bits per heavy atom. The summed E-state index contributed by atoms with van der Waals surface area (Å²) in [5.41, 5.74) is 0.00651. The molecule has 1 aromatic carbocycles. The Bertz CT molecular complexity index is 587. The van der Waals surface area contributed by atoms with E-state index in [9.17, 15) is 9.18 Å². The van der Waals surface area contributed by atoms with Crippen LogP contribution in [0, 0.1) is 5.82 Å². The summed E-state index contributed by atoms with van der Waals surface area (Å²) in [7, 11) is 1.39. The van der Waals surface area contributed by atoms with E-state index in [0.29, 0.717) is 0 Å². The Labute approximate surface area is 106 Å². The van der Waals surface area contributed by atoms with E-state index in [4.69, 9.17) is 16.3 Å². The fourth-order valence-corrected chi connectivity index (χ4v) is 1.46. The summed E-state index contributed by atoms with van der Waals surface area (Å²) in [4.78, 5) is 15.6. The number of hydrogen-bond donors (Lipinski definition) is 2. The lowest BCUT2D eigenvalue weighted by atomic mass is 10.2. The molecule has 18 heavy (non-hydrogen) atoms. The molecular weight excluding hydrogens is 263 g/mol. The lowest BCUT2D eigenvalue weighted by Crippen LogP contribution is -2.14.